The van der Waals surface area contributed by atoms with Crippen molar-refractivity contribution in [2.45, 2.75) is 52.0 Å². The molecule has 2 aromatic rings. The zero-order valence-electron chi connectivity index (χ0n) is 13.4. The number of ketones is 1. The van der Waals surface area contributed by atoms with Crippen LogP contribution in [0.5, 0.6) is 0 Å². The molecule has 0 fully saturated rings. The maximum Gasteiger partial charge on any atom is 0.224 e. The fourth-order valence-corrected chi connectivity index (χ4v) is 2.67. The Hall–Kier alpha value is -1.75. The number of carbonyl (C=O) groups excluding carboxylic acids is 1. The molecule has 0 unspecified atom stereocenters. The van der Waals surface area contributed by atoms with Gasteiger partial charge in [-0.05, 0) is 43.5 Å². The van der Waals surface area contributed by atoms with Crippen LogP contribution in [0.1, 0.15) is 46.0 Å². The second-order valence-corrected chi connectivity index (χ2v) is 6.06. The van der Waals surface area contributed by atoms with Gasteiger partial charge in [-0.2, -0.15) is 0 Å². The van der Waals surface area contributed by atoms with Crippen LogP contribution in [0.4, 0.5) is 10.2 Å². The first-order valence-electron chi connectivity index (χ1n) is 7.88. The Bertz CT molecular complexity index is 688. The van der Waals surface area contributed by atoms with Gasteiger partial charge in [0.2, 0.25) is 5.28 Å². The van der Waals surface area contributed by atoms with Gasteiger partial charge in [0.1, 0.15) is 17.4 Å². The van der Waals surface area contributed by atoms with Crippen molar-refractivity contribution < 1.29 is 9.18 Å². The van der Waals surface area contributed by atoms with E-state index in [4.69, 9.17) is 11.6 Å². The van der Waals surface area contributed by atoms with Crippen LogP contribution in [0, 0.1) is 5.82 Å². The van der Waals surface area contributed by atoms with Gasteiger partial charge in [0.25, 0.3) is 0 Å². The number of halogens is 2. The van der Waals surface area contributed by atoms with E-state index in [0.717, 1.165) is 31.1 Å². The standard InChI is InChI=1S/C17H21ClFN3O/c1-3-4-5-13(8-6-11(2)23)20-16-14-9-7-12(19)10-15(14)21-17(18)22-16/h7,9-10,13H,3-6,8H2,1-2H3,(H,20,21,22)/t13-/m1/s1. The quantitative estimate of drug-likeness (QED) is 0.705. The molecule has 1 heterocycles. The fourth-order valence-electron chi connectivity index (χ4n) is 2.49. The van der Waals surface area contributed by atoms with Gasteiger partial charge in [-0.1, -0.05) is 19.8 Å². The van der Waals surface area contributed by atoms with Crippen LogP contribution in [-0.2, 0) is 4.79 Å². The number of hydrogen-bond acceptors (Lipinski definition) is 4. The number of aromatic nitrogens is 2. The van der Waals surface area contributed by atoms with Crippen molar-refractivity contribution >= 4 is 34.1 Å². The summed E-state index contributed by atoms with van der Waals surface area (Å²) in [6.45, 7) is 3.72. The highest BCUT2D eigenvalue weighted by Gasteiger charge is 2.14. The number of Topliss-reactive ketones (excluding diaryl/α,β-unsaturated/α-hetero) is 1. The zero-order valence-corrected chi connectivity index (χ0v) is 14.2. The van der Waals surface area contributed by atoms with Crippen molar-refractivity contribution in [2.75, 3.05) is 5.32 Å². The topological polar surface area (TPSA) is 54.9 Å². The summed E-state index contributed by atoms with van der Waals surface area (Å²) in [7, 11) is 0. The molecule has 4 nitrogen and oxygen atoms in total. The van der Waals surface area contributed by atoms with Crippen LogP contribution in [0.2, 0.25) is 5.28 Å². The average Bonchev–Trinajstić information content (AvgIpc) is 2.49. The molecule has 0 radical (unpaired) electrons. The Labute approximate surface area is 140 Å². The summed E-state index contributed by atoms with van der Waals surface area (Å²) in [6, 6.07) is 4.48. The monoisotopic (exact) mass is 337 g/mol. The molecule has 0 saturated carbocycles. The summed E-state index contributed by atoms with van der Waals surface area (Å²) in [6.07, 6.45) is 4.33. The smallest absolute Gasteiger partial charge is 0.224 e. The molecular weight excluding hydrogens is 317 g/mol. The van der Waals surface area contributed by atoms with Crippen LogP contribution in [0.25, 0.3) is 10.9 Å². The van der Waals surface area contributed by atoms with Crippen LogP contribution in [0.3, 0.4) is 0 Å². The third kappa shape index (κ3) is 5.13. The third-order valence-electron chi connectivity index (χ3n) is 3.72. The number of anilines is 1. The molecular formula is C17H21ClFN3O. The van der Waals surface area contributed by atoms with Crippen molar-refractivity contribution in [2.24, 2.45) is 0 Å². The molecule has 0 aliphatic heterocycles. The summed E-state index contributed by atoms with van der Waals surface area (Å²) < 4.78 is 13.4. The number of nitrogens with zero attached hydrogens (tertiary/aromatic N) is 2. The molecule has 6 heteroatoms. The van der Waals surface area contributed by atoms with E-state index in [2.05, 4.69) is 22.2 Å². The molecule has 0 aliphatic rings. The molecule has 23 heavy (non-hydrogen) atoms. The summed E-state index contributed by atoms with van der Waals surface area (Å²) in [5, 5.41) is 4.16. The lowest BCUT2D eigenvalue weighted by molar-refractivity contribution is -0.117. The molecule has 1 aromatic heterocycles. The average molecular weight is 338 g/mol. The number of carbonyl (C=O) groups is 1. The van der Waals surface area contributed by atoms with E-state index in [1.54, 1.807) is 13.0 Å². The minimum Gasteiger partial charge on any atom is -0.367 e. The van der Waals surface area contributed by atoms with Gasteiger partial charge in [0.15, 0.2) is 0 Å². The maximum absolute atomic E-state index is 13.4. The van der Waals surface area contributed by atoms with E-state index in [1.165, 1.54) is 12.1 Å². The molecule has 0 bridgehead atoms. The second kappa shape index (κ2) is 8.20. The highest BCUT2D eigenvalue weighted by atomic mass is 35.5. The van der Waals surface area contributed by atoms with Crippen LogP contribution >= 0.6 is 11.6 Å². The molecule has 1 aromatic carbocycles. The molecule has 1 atom stereocenters. The lowest BCUT2D eigenvalue weighted by atomic mass is 10.0. The van der Waals surface area contributed by atoms with E-state index < -0.39 is 0 Å². The van der Waals surface area contributed by atoms with Crippen LogP contribution < -0.4 is 5.32 Å². The molecule has 0 spiro atoms. The normalized spacial score (nSPS) is 12.3. The summed E-state index contributed by atoms with van der Waals surface area (Å²) in [5.41, 5.74) is 0.466. The number of fused-ring (bicyclic) bond motifs is 1. The van der Waals surface area contributed by atoms with Gasteiger partial charge in [0, 0.05) is 23.9 Å². The molecule has 1 N–H and O–H groups in total. The first-order chi connectivity index (χ1) is 11.0. The Morgan fingerprint density at radius 1 is 1.35 bits per heavy atom. The predicted molar refractivity (Wildman–Crippen MR) is 91.4 cm³/mol. The number of rotatable bonds is 8. The van der Waals surface area contributed by atoms with Crippen LogP contribution in [-0.4, -0.2) is 21.8 Å². The molecule has 0 aliphatic carbocycles. The van der Waals surface area contributed by atoms with Crippen molar-refractivity contribution in [1.82, 2.24) is 9.97 Å². The minimum absolute atomic E-state index is 0.0754. The van der Waals surface area contributed by atoms with E-state index in [9.17, 15) is 9.18 Å². The molecule has 0 amide bonds. The van der Waals surface area contributed by atoms with Crippen molar-refractivity contribution in [1.29, 1.82) is 0 Å². The third-order valence-corrected chi connectivity index (χ3v) is 3.89. The van der Waals surface area contributed by atoms with E-state index in [-0.39, 0.29) is 22.9 Å². The zero-order chi connectivity index (χ0) is 16.8. The Balaban J connectivity index is 2.27. The van der Waals surface area contributed by atoms with Gasteiger partial charge in [0.05, 0.1) is 5.52 Å². The summed E-state index contributed by atoms with van der Waals surface area (Å²) in [4.78, 5) is 19.6. The number of hydrogen-bond donors (Lipinski definition) is 1. The Kier molecular flexibility index (Phi) is 6.28. The second-order valence-electron chi connectivity index (χ2n) is 5.73. The van der Waals surface area contributed by atoms with Crippen molar-refractivity contribution in [3.8, 4) is 0 Å². The van der Waals surface area contributed by atoms with Crippen molar-refractivity contribution in [3.63, 3.8) is 0 Å². The maximum atomic E-state index is 13.4. The highest BCUT2D eigenvalue weighted by Crippen LogP contribution is 2.25. The predicted octanol–water partition coefficient (Wildman–Crippen LogP) is 4.76. The van der Waals surface area contributed by atoms with Gasteiger partial charge < -0.3 is 10.1 Å². The molecule has 124 valence electrons. The van der Waals surface area contributed by atoms with Gasteiger partial charge in [-0.25, -0.2) is 14.4 Å². The Morgan fingerprint density at radius 3 is 2.83 bits per heavy atom. The highest BCUT2D eigenvalue weighted by molar-refractivity contribution is 6.28. The Morgan fingerprint density at radius 2 is 2.13 bits per heavy atom. The van der Waals surface area contributed by atoms with Crippen LogP contribution in [0.15, 0.2) is 18.2 Å². The van der Waals surface area contributed by atoms with Gasteiger partial charge >= 0.3 is 0 Å². The minimum atomic E-state index is -0.364. The number of nitrogens with one attached hydrogen (secondary N) is 1. The SMILES string of the molecule is CCCC[C@H](CCC(C)=O)Nc1nc(Cl)nc2cc(F)ccc12. The lowest BCUT2D eigenvalue weighted by Crippen LogP contribution is -2.21. The van der Waals surface area contributed by atoms with Crippen molar-refractivity contribution in [3.05, 3.63) is 29.3 Å². The molecule has 0 saturated heterocycles. The van der Waals surface area contributed by atoms with Gasteiger partial charge in [-0.3, -0.25) is 0 Å². The lowest BCUT2D eigenvalue weighted by Gasteiger charge is -2.19. The van der Waals surface area contributed by atoms with E-state index in [1.807, 2.05) is 0 Å². The number of benzene rings is 1. The van der Waals surface area contributed by atoms with E-state index in [0.29, 0.717) is 17.8 Å². The molecule has 2 rings (SSSR count). The summed E-state index contributed by atoms with van der Waals surface area (Å²) in [5.74, 6) is 0.392. The van der Waals surface area contributed by atoms with Gasteiger partial charge in [-0.15, -0.1) is 0 Å². The largest absolute Gasteiger partial charge is 0.367 e. The first-order valence-corrected chi connectivity index (χ1v) is 8.26. The van der Waals surface area contributed by atoms with E-state index >= 15 is 0 Å². The summed E-state index contributed by atoms with van der Waals surface area (Å²) >= 11 is 5.95. The first kappa shape index (κ1) is 17.6. The number of unbranched alkanes of at least 4 members (excludes halogenated alkanes) is 1. The fraction of sp³-hybridized carbons (Fsp3) is 0.471.